The first-order valence-electron chi connectivity index (χ1n) is 5.52. The van der Waals surface area contributed by atoms with Gasteiger partial charge in [-0.05, 0) is 17.7 Å². The molecule has 0 radical (unpaired) electrons. The van der Waals surface area contributed by atoms with Crippen LogP contribution in [0.5, 0.6) is 0 Å². The average Bonchev–Trinajstić information content (AvgIpc) is 2.23. The van der Waals surface area contributed by atoms with Gasteiger partial charge in [0.1, 0.15) is 0 Å². The van der Waals surface area contributed by atoms with E-state index >= 15 is 0 Å². The molecule has 5 heteroatoms. The minimum atomic E-state index is -1.50. The Balaban J connectivity index is 2.89. The fourth-order valence-corrected chi connectivity index (χ4v) is 1.62. The number of benzene rings is 1. The van der Waals surface area contributed by atoms with Crippen molar-refractivity contribution in [3.63, 3.8) is 0 Å². The molecule has 0 heterocycles. The number of rotatable bonds is 2. The van der Waals surface area contributed by atoms with Crippen molar-refractivity contribution in [1.29, 1.82) is 0 Å². The largest absolute Gasteiger partial charge is 0.341 e. The number of halogens is 3. The van der Waals surface area contributed by atoms with Crippen LogP contribution in [-0.2, 0) is 11.3 Å². The van der Waals surface area contributed by atoms with Crippen LogP contribution < -0.4 is 0 Å². The van der Waals surface area contributed by atoms with Gasteiger partial charge in [0.15, 0.2) is 17.5 Å². The Kier molecular flexibility index (Phi) is 4.04. The summed E-state index contributed by atoms with van der Waals surface area (Å²) in [6, 6.07) is 1.79. The third kappa shape index (κ3) is 3.24. The molecule has 0 atom stereocenters. The Morgan fingerprint density at radius 1 is 1.17 bits per heavy atom. The third-order valence-electron chi connectivity index (χ3n) is 2.45. The molecule has 1 aromatic rings. The van der Waals surface area contributed by atoms with Crippen LogP contribution in [0.2, 0.25) is 0 Å². The zero-order chi connectivity index (χ0) is 14.1. The van der Waals surface area contributed by atoms with Crippen LogP contribution in [0, 0.1) is 22.9 Å². The lowest BCUT2D eigenvalue weighted by atomic mass is 9.95. The van der Waals surface area contributed by atoms with Crippen molar-refractivity contribution in [2.45, 2.75) is 27.3 Å². The second-order valence-corrected chi connectivity index (χ2v) is 5.28. The molecular formula is C13H16F3NO. The molecule has 1 rings (SSSR count). The Bertz CT molecular complexity index is 443. The maximum atomic E-state index is 13.0. The summed E-state index contributed by atoms with van der Waals surface area (Å²) in [7, 11) is 1.53. The normalized spacial score (nSPS) is 11.5. The van der Waals surface area contributed by atoms with Gasteiger partial charge in [0.25, 0.3) is 0 Å². The minimum absolute atomic E-state index is 0.0320. The molecule has 1 aromatic carbocycles. The Morgan fingerprint density at radius 2 is 1.61 bits per heavy atom. The predicted molar refractivity (Wildman–Crippen MR) is 62.2 cm³/mol. The lowest BCUT2D eigenvalue weighted by molar-refractivity contribution is -0.138. The fraction of sp³-hybridized carbons (Fsp3) is 0.462. The summed E-state index contributed by atoms with van der Waals surface area (Å²) in [6.45, 7) is 5.28. The van der Waals surface area contributed by atoms with Gasteiger partial charge in [-0.1, -0.05) is 20.8 Å². The minimum Gasteiger partial charge on any atom is -0.341 e. The van der Waals surface area contributed by atoms with Crippen LogP contribution in [-0.4, -0.2) is 17.9 Å². The van der Waals surface area contributed by atoms with Gasteiger partial charge in [-0.3, -0.25) is 4.79 Å². The predicted octanol–water partition coefficient (Wildman–Crippen LogP) is 3.11. The molecule has 0 aliphatic carbocycles. The van der Waals surface area contributed by atoms with Crippen molar-refractivity contribution in [3.8, 4) is 0 Å². The summed E-state index contributed by atoms with van der Waals surface area (Å²) in [4.78, 5) is 13.2. The summed E-state index contributed by atoms with van der Waals surface area (Å²) >= 11 is 0. The summed E-state index contributed by atoms with van der Waals surface area (Å²) < 4.78 is 38.8. The Labute approximate surface area is 104 Å². The summed E-state index contributed by atoms with van der Waals surface area (Å²) in [5, 5.41) is 0. The third-order valence-corrected chi connectivity index (χ3v) is 2.45. The molecule has 0 saturated heterocycles. The number of amides is 1. The number of carbonyl (C=O) groups is 1. The summed E-state index contributed by atoms with van der Waals surface area (Å²) in [5.41, 5.74) is -0.363. The second kappa shape index (κ2) is 5.00. The van der Waals surface area contributed by atoms with Gasteiger partial charge >= 0.3 is 0 Å². The van der Waals surface area contributed by atoms with Gasteiger partial charge < -0.3 is 4.90 Å². The smallest absolute Gasteiger partial charge is 0.227 e. The van der Waals surface area contributed by atoms with E-state index in [-0.39, 0.29) is 18.0 Å². The van der Waals surface area contributed by atoms with E-state index in [1.54, 1.807) is 20.8 Å². The van der Waals surface area contributed by atoms with E-state index in [1.165, 1.54) is 11.9 Å². The molecule has 2 nitrogen and oxygen atoms in total. The van der Waals surface area contributed by atoms with E-state index in [4.69, 9.17) is 0 Å². The van der Waals surface area contributed by atoms with E-state index < -0.39 is 22.9 Å². The van der Waals surface area contributed by atoms with Crippen molar-refractivity contribution in [1.82, 2.24) is 4.90 Å². The summed E-state index contributed by atoms with van der Waals surface area (Å²) in [5.74, 6) is -4.15. The van der Waals surface area contributed by atoms with E-state index in [0.29, 0.717) is 0 Å². The van der Waals surface area contributed by atoms with Gasteiger partial charge in [-0.2, -0.15) is 0 Å². The molecule has 0 spiro atoms. The van der Waals surface area contributed by atoms with Crippen LogP contribution >= 0.6 is 0 Å². The highest BCUT2D eigenvalue weighted by Gasteiger charge is 2.25. The van der Waals surface area contributed by atoms with E-state index in [1.807, 2.05) is 0 Å². The van der Waals surface area contributed by atoms with Crippen molar-refractivity contribution in [3.05, 3.63) is 35.1 Å². The van der Waals surface area contributed by atoms with Crippen LogP contribution in [0.25, 0.3) is 0 Å². The maximum Gasteiger partial charge on any atom is 0.227 e. The highest BCUT2D eigenvalue weighted by Crippen LogP contribution is 2.19. The topological polar surface area (TPSA) is 20.3 Å². The van der Waals surface area contributed by atoms with E-state index in [0.717, 1.165) is 12.1 Å². The van der Waals surface area contributed by atoms with Crippen molar-refractivity contribution < 1.29 is 18.0 Å². The Hall–Kier alpha value is -1.52. The molecule has 1 amide bonds. The first kappa shape index (κ1) is 14.5. The SMILES string of the molecule is CN(Cc1cc(F)c(F)c(F)c1)C(=O)C(C)(C)C. The Morgan fingerprint density at radius 3 is 2.00 bits per heavy atom. The van der Waals surface area contributed by atoms with Gasteiger partial charge in [-0.15, -0.1) is 0 Å². The van der Waals surface area contributed by atoms with Gasteiger partial charge in [-0.25, -0.2) is 13.2 Å². The molecule has 100 valence electrons. The van der Waals surface area contributed by atoms with Crippen molar-refractivity contribution in [2.24, 2.45) is 5.41 Å². The molecule has 0 aromatic heterocycles. The lowest BCUT2D eigenvalue weighted by Crippen LogP contribution is -2.36. The van der Waals surface area contributed by atoms with E-state index in [9.17, 15) is 18.0 Å². The lowest BCUT2D eigenvalue weighted by Gasteiger charge is -2.26. The molecular weight excluding hydrogens is 243 g/mol. The molecule has 0 aliphatic rings. The summed E-state index contributed by atoms with van der Waals surface area (Å²) in [6.07, 6.45) is 0. The zero-order valence-corrected chi connectivity index (χ0v) is 10.9. The van der Waals surface area contributed by atoms with Gasteiger partial charge in [0.2, 0.25) is 5.91 Å². The molecule has 0 aliphatic heterocycles. The molecule has 0 saturated carbocycles. The first-order chi connectivity index (χ1) is 8.12. The van der Waals surface area contributed by atoms with Crippen LogP contribution in [0.4, 0.5) is 13.2 Å². The highest BCUT2D eigenvalue weighted by atomic mass is 19.2. The maximum absolute atomic E-state index is 13.0. The first-order valence-corrected chi connectivity index (χ1v) is 5.52. The standard InChI is InChI=1S/C13H16F3NO/c1-13(2,3)12(18)17(4)7-8-5-9(14)11(16)10(15)6-8/h5-6H,7H2,1-4H3. The zero-order valence-electron chi connectivity index (χ0n) is 10.9. The quantitative estimate of drug-likeness (QED) is 0.747. The second-order valence-electron chi connectivity index (χ2n) is 5.28. The van der Waals surface area contributed by atoms with Crippen molar-refractivity contribution >= 4 is 5.91 Å². The number of hydrogen-bond donors (Lipinski definition) is 0. The monoisotopic (exact) mass is 259 g/mol. The van der Waals surface area contributed by atoms with E-state index in [2.05, 4.69) is 0 Å². The molecule has 0 unspecified atom stereocenters. The fourth-order valence-electron chi connectivity index (χ4n) is 1.62. The highest BCUT2D eigenvalue weighted by molar-refractivity contribution is 5.81. The average molecular weight is 259 g/mol. The molecule has 0 fully saturated rings. The molecule has 0 bridgehead atoms. The number of hydrogen-bond acceptors (Lipinski definition) is 1. The van der Waals surface area contributed by atoms with Crippen LogP contribution in [0.1, 0.15) is 26.3 Å². The molecule has 18 heavy (non-hydrogen) atoms. The van der Waals surface area contributed by atoms with Crippen molar-refractivity contribution in [2.75, 3.05) is 7.05 Å². The van der Waals surface area contributed by atoms with Crippen LogP contribution in [0.15, 0.2) is 12.1 Å². The molecule has 0 N–H and O–H groups in total. The van der Waals surface area contributed by atoms with Gasteiger partial charge in [0.05, 0.1) is 0 Å². The van der Waals surface area contributed by atoms with Crippen LogP contribution in [0.3, 0.4) is 0 Å². The number of nitrogens with zero attached hydrogens (tertiary/aromatic N) is 1. The number of carbonyl (C=O) groups excluding carboxylic acids is 1. The van der Waals surface area contributed by atoms with Gasteiger partial charge in [0, 0.05) is 19.0 Å².